The molecule has 0 fully saturated rings. The Balaban J connectivity index is 1.66. The van der Waals surface area contributed by atoms with Gasteiger partial charge in [-0.15, -0.1) is 5.10 Å². The highest BCUT2D eigenvalue weighted by molar-refractivity contribution is 5.93. The van der Waals surface area contributed by atoms with Crippen LogP contribution in [0.2, 0.25) is 0 Å². The van der Waals surface area contributed by atoms with E-state index in [1.165, 1.54) is 42.3 Å². The molecule has 0 saturated heterocycles. The second-order valence-electron chi connectivity index (χ2n) is 5.52. The van der Waals surface area contributed by atoms with Crippen molar-refractivity contribution in [1.82, 2.24) is 24.5 Å². The van der Waals surface area contributed by atoms with E-state index < -0.39 is 17.9 Å². The van der Waals surface area contributed by atoms with E-state index in [1.807, 2.05) is 0 Å². The Bertz CT molecular complexity index is 934. The zero-order valence-corrected chi connectivity index (χ0v) is 13.7. The van der Waals surface area contributed by atoms with E-state index in [-0.39, 0.29) is 17.5 Å². The van der Waals surface area contributed by atoms with Crippen LogP contribution in [0, 0.1) is 5.82 Å². The van der Waals surface area contributed by atoms with Crippen LogP contribution in [0.25, 0.3) is 0 Å². The van der Waals surface area contributed by atoms with Gasteiger partial charge in [0.1, 0.15) is 23.9 Å². The van der Waals surface area contributed by atoms with Crippen molar-refractivity contribution in [3.8, 4) is 0 Å². The highest BCUT2D eigenvalue weighted by atomic mass is 19.1. The zero-order valence-electron chi connectivity index (χ0n) is 13.7. The molecule has 2 heterocycles. The minimum absolute atomic E-state index is 0.0768. The quantitative estimate of drug-likeness (QED) is 0.691. The van der Waals surface area contributed by atoms with Gasteiger partial charge in [-0.05, 0) is 30.7 Å². The summed E-state index contributed by atoms with van der Waals surface area (Å²) in [7, 11) is 0. The highest BCUT2D eigenvalue weighted by Gasteiger charge is 2.22. The van der Waals surface area contributed by atoms with Crippen molar-refractivity contribution in [1.29, 1.82) is 0 Å². The van der Waals surface area contributed by atoms with Gasteiger partial charge in [0.25, 0.3) is 5.91 Å². The van der Waals surface area contributed by atoms with Gasteiger partial charge in [0, 0.05) is 6.20 Å². The first-order valence-corrected chi connectivity index (χ1v) is 7.65. The van der Waals surface area contributed by atoms with E-state index in [4.69, 9.17) is 5.11 Å². The summed E-state index contributed by atoms with van der Waals surface area (Å²) in [4.78, 5) is 27.4. The molecule has 0 aliphatic heterocycles. The van der Waals surface area contributed by atoms with Gasteiger partial charge in [-0.1, -0.05) is 12.1 Å². The summed E-state index contributed by atoms with van der Waals surface area (Å²) >= 11 is 0. The van der Waals surface area contributed by atoms with Gasteiger partial charge in [-0.2, -0.15) is 5.10 Å². The number of hydrogen-bond acceptors (Lipinski definition) is 5. The van der Waals surface area contributed by atoms with Gasteiger partial charge in [0.2, 0.25) is 5.95 Å². The molecule has 0 saturated carbocycles. The number of nitrogens with zero attached hydrogens (tertiary/aromatic N) is 5. The minimum Gasteiger partial charge on any atom is -0.477 e. The molecule has 10 heteroatoms. The number of aromatic carboxylic acids is 1. The van der Waals surface area contributed by atoms with Crippen LogP contribution in [0.15, 0.2) is 42.9 Å². The van der Waals surface area contributed by atoms with E-state index in [0.717, 1.165) is 10.2 Å². The fraction of sp³-hybridized carbons (Fsp3) is 0.188. The van der Waals surface area contributed by atoms with Crippen LogP contribution < -0.4 is 5.32 Å². The number of amides is 1. The third-order valence-corrected chi connectivity index (χ3v) is 3.67. The first kappa shape index (κ1) is 17.3. The Morgan fingerprint density at radius 2 is 2.00 bits per heavy atom. The van der Waals surface area contributed by atoms with Crippen molar-refractivity contribution in [3.63, 3.8) is 0 Å². The standard InChI is InChI=1S/C16H15FN6O3/c1-10(23-13(15(25)26)6-7-19-23)14(24)20-16-18-9-22(21-16)8-11-2-4-12(17)5-3-11/h2-7,9-10H,8H2,1H3,(H,25,26)(H,20,21,24). The molecule has 2 aromatic heterocycles. The maximum absolute atomic E-state index is 12.9. The van der Waals surface area contributed by atoms with E-state index in [2.05, 4.69) is 20.5 Å². The van der Waals surface area contributed by atoms with E-state index in [1.54, 1.807) is 12.1 Å². The zero-order chi connectivity index (χ0) is 18.7. The number of halogens is 1. The number of hydrogen-bond donors (Lipinski definition) is 2. The second kappa shape index (κ2) is 7.13. The number of rotatable bonds is 6. The average molecular weight is 358 g/mol. The molecule has 3 rings (SSSR count). The van der Waals surface area contributed by atoms with Gasteiger partial charge in [-0.3, -0.25) is 10.1 Å². The van der Waals surface area contributed by atoms with Crippen molar-refractivity contribution in [2.24, 2.45) is 0 Å². The lowest BCUT2D eigenvalue weighted by atomic mass is 10.2. The third kappa shape index (κ3) is 3.74. The van der Waals surface area contributed by atoms with Gasteiger partial charge in [0.05, 0.1) is 6.54 Å². The molecule has 1 aromatic carbocycles. The lowest BCUT2D eigenvalue weighted by Crippen LogP contribution is -2.27. The first-order valence-electron chi connectivity index (χ1n) is 7.65. The Labute approximate surface area is 147 Å². The molecule has 0 radical (unpaired) electrons. The largest absolute Gasteiger partial charge is 0.477 e. The van der Waals surface area contributed by atoms with Crippen LogP contribution in [-0.2, 0) is 11.3 Å². The van der Waals surface area contributed by atoms with Crippen LogP contribution in [0.4, 0.5) is 10.3 Å². The van der Waals surface area contributed by atoms with Crippen LogP contribution in [0.5, 0.6) is 0 Å². The van der Waals surface area contributed by atoms with Crippen LogP contribution in [0.3, 0.4) is 0 Å². The molecule has 1 amide bonds. The fourth-order valence-corrected chi connectivity index (χ4v) is 2.32. The summed E-state index contributed by atoms with van der Waals surface area (Å²) in [5.74, 6) is -1.93. The number of carbonyl (C=O) groups excluding carboxylic acids is 1. The lowest BCUT2D eigenvalue weighted by Gasteiger charge is -2.12. The van der Waals surface area contributed by atoms with E-state index in [0.29, 0.717) is 6.54 Å². The van der Waals surface area contributed by atoms with Crippen molar-refractivity contribution >= 4 is 17.8 Å². The Kier molecular flexibility index (Phi) is 4.74. The maximum Gasteiger partial charge on any atom is 0.354 e. The predicted octanol–water partition coefficient (Wildman–Crippen LogP) is 1.56. The molecule has 0 spiro atoms. The molecule has 0 aliphatic carbocycles. The van der Waals surface area contributed by atoms with Gasteiger partial charge in [-0.25, -0.2) is 23.5 Å². The number of carbonyl (C=O) groups is 2. The summed E-state index contributed by atoms with van der Waals surface area (Å²) in [5.41, 5.74) is 0.729. The highest BCUT2D eigenvalue weighted by Crippen LogP contribution is 2.12. The SMILES string of the molecule is CC(C(=O)Nc1ncn(Cc2ccc(F)cc2)n1)n1nccc1C(=O)O. The Morgan fingerprint density at radius 3 is 2.69 bits per heavy atom. The summed E-state index contributed by atoms with van der Waals surface area (Å²) in [6, 6.07) is 6.40. The van der Waals surface area contributed by atoms with Crippen molar-refractivity contribution in [3.05, 3.63) is 59.9 Å². The molecule has 0 aliphatic rings. The van der Waals surface area contributed by atoms with Crippen molar-refractivity contribution in [2.45, 2.75) is 19.5 Å². The summed E-state index contributed by atoms with van der Waals surface area (Å²) < 4.78 is 15.5. The number of aromatic nitrogens is 5. The Morgan fingerprint density at radius 1 is 1.27 bits per heavy atom. The summed E-state index contributed by atoms with van der Waals surface area (Å²) in [6.07, 6.45) is 2.74. The van der Waals surface area contributed by atoms with Crippen molar-refractivity contribution < 1.29 is 19.1 Å². The van der Waals surface area contributed by atoms with Gasteiger partial charge >= 0.3 is 5.97 Å². The summed E-state index contributed by atoms with van der Waals surface area (Å²) in [6.45, 7) is 1.88. The fourth-order valence-electron chi connectivity index (χ4n) is 2.32. The number of carboxylic acids is 1. The van der Waals surface area contributed by atoms with Crippen LogP contribution in [0.1, 0.15) is 29.0 Å². The monoisotopic (exact) mass is 358 g/mol. The van der Waals surface area contributed by atoms with Gasteiger partial charge in [0.15, 0.2) is 0 Å². The van der Waals surface area contributed by atoms with Crippen molar-refractivity contribution in [2.75, 3.05) is 5.32 Å². The third-order valence-electron chi connectivity index (χ3n) is 3.67. The smallest absolute Gasteiger partial charge is 0.354 e. The molecule has 2 N–H and O–H groups in total. The molecule has 3 aromatic rings. The second-order valence-corrected chi connectivity index (χ2v) is 5.52. The van der Waals surface area contributed by atoms with E-state index in [9.17, 15) is 14.0 Å². The molecule has 0 bridgehead atoms. The number of anilines is 1. The average Bonchev–Trinajstić information content (AvgIpc) is 3.25. The maximum atomic E-state index is 12.9. The first-order chi connectivity index (χ1) is 12.4. The molecular weight excluding hydrogens is 343 g/mol. The minimum atomic E-state index is -1.18. The number of nitrogens with one attached hydrogen (secondary N) is 1. The Hall–Kier alpha value is -3.56. The number of carboxylic acid groups (broad SMARTS) is 1. The molecule has 9 nitrogen and oxygen atoms in total. The molecule has 134 valence electrons. The normalized spacial score (nSPS) is 11.9. The van der Waals surface area contributed by atoms with Crippen LogP contribution in [-0.4, -0.2) is 41.5 Å². The number of benzene rings is 1. The van der Waals surface area contributed by atoms with E-state index >= 15 is 0 Å². The molecular formula is C16H15FN6O3. The lowest BCUT2D eigenvalue weighted by molar-refractivity contribution is -0.119. The van der Waals surface area contributed by atoms with Gasteiger partial charge < -0.3 is 5.11 Å². The summed E-state index contributed by atoms with van der Waals surface area (Å²) in [5, 5.41) is 19.6. The molecule has 1 unspecified atom stereocenters. The molecule has 1 atom stereocenters. The topological polar surface area (TPSA) is 115 Å². The predicted molar refractivity (Wildman–Crippen MR) is 88.1 cm³/mol. The molecule has 26 heavy (non-hydrogen) atoms. The van der Waals surface area contributed by atoms with Crippen LogP contribution >= 0.6 is 0 Å².